The van der Waals surface area contributed by atoms with Crippen molar-refractivity contribution in [2.75, 3.05) is 11.1 Å². The summed E-state index contributed by atoms with van der Waals surface area (Å²) in [6, 6.07) is 15.3. The molecule has 0 atom stereocenters. The number of thioether (sulfide) groups is 1. The third-order valence-electron chi connectivity index (χ3n) is 4.18. The van der Waals surface area contributed by atoms with Crippen LogP contribution in [0.1, 0.15) is 5.82 Å². The summed E-state index contributed by atoms with van der Waals surface area (Å²) in [5.41, 5.74) is 2.21. The van der Waals surface area contributed by atoms with E-state index in [1.807, 2.05) is 35.7 Å². The summed E-state index contributed by atoms with van der Waals surface area (Å²) in [5.74, 6) is 0.572. The lowest BCUT2D eigenvalue weighted by Crippen LogP contribution is -2.15. The fourth-order valence-electron chi connectivity index (χ4n) is 2.86. The Bertz CT molecular complexity index is 1200. The van der Waals surface area contributed by atoms with Gasteiger partial charge in [-0.15, -0.1) is 23.1 Å². The standard InChI is InChI=1S/C21H16FN3O2S2/c22-14-6-8-15(9-7-14)23-18(26)12-28-11-17-24-20(27)19-16(10-29-21(19)25-17)13-4-2-1-3-5-13/h1-10H,11-12H2,(H,23,26)(H,24,25,27). The number of halogens is 1. The molecular weight excluding hydrogens is 409 g/mol. The van der Waals surface area contributed by atoms with Crippen molar-refractivity contribution in [3.05, 3.63) is 82.0 Å². The molecule has 2 aromatic carbocycles. The van der Waals surface area contributed by atoms with E-state index in [2.05, 4.69) is 15.3 Å². The van der Waals surface area contributed by atoms with Crippen molar-refractivity contribution in [1.29, 1.82) is 0 Å². The van der Waals surface area contributed by atoms with Crippen molar-refractivity contribution in [2.24, 2.45) is 0 Å². The first-order valence-electron chi connectivity index (χ1n) is 8.79. The van der Waals surface area contributed by atoms with Crippen LogP contribution in [0.3, 0.4) is 0 Å². The van der Waals surface area contributed by atoms with E-state index in [4.69, 9.17) is 0 Å². The van der Waals surface area contributed by atoms with E-state index in [-0.39, 0.29) is 23.0 Å². The smallest absolute Gasteiger partial charge is 0.260 e. The Morgan fingerprint density at radius 3 is 2.66 bits per heavy atom. The van der Waals surface area contributed by atoms with Crippen molar-refractivity contribution < 1.29 is 9.18 Å². The minimum atomic E-state index is -0.355. The van der Waals surface area contributed by atoms with Crippen LogP contribution in [0.5, 0.6) is 0 Å². The molecule has 29 heavy (non-hydrogen) atoms. The highest BCUT2D eigenvalue weighted by atomic mass is 32.2. The number of H-pyrrole nitrogens is 1. The number of hydrogen-bond acceptors (Lipinski definition) is 5. The topological polar surface area (TPSA) is 74.8 Å². The Morgan fingerprint density at radius 1 is 1.14 bits per heavy atom. The Balaban J connectivity index is 1.42. The quantitative estimate of drug-likeness (QED) is 0.471. The van der Waals surface area contributed by atoms with Gasteiger partial charge in [0.15, 0.2) is 0 Å². The summed E-state index contributed by atoms with van der Waals surface area (Å²) in [7, 11) is 0. The first kappa shape index (κ1) is 19.4. The van der Waals surface area contributed by atoms with Crippen LogP contribution in [0.15, 0.2) is 64.8 Å². The van der Waals surface area contributed by atoms with Crippen LogP contribution in [-0.2, 0) is 10.5 Å². The number of nitrogens with zero attached hydrogens (tertiary/aromatic N) is 1. The lowest BCUT2D eigenvalue weighted by atomic mass is 10.1. The molecule has 0 aliphatic carbocycles. The van der Waals surface area contributed by atoms with Crippen LogP contribution in [0.25, 0.3) is 21.3 Å². The van der Waals surface area contributed by atoms with Gasteiger partial charge in [0.05, 0.1) is 16.9 Å². The van der Waals surface area contributed by atoms with Crippen molar-refractivity contribution in [3.63, 3.8) is 0 Å². The maximum atomic E-state index is 12.9. The molecule has 2 N–H and O–H groups in total. The highest BCUT2D eigenvalue weighted by Crippen LogP contribution is 2.30. The third kappa shape index (κ3) is 4.55. The van der Waals surface area contributed by atoms with Gasteiger partial charge in [0.2, 0.25) is 5.91 Å². The van der Waals surface area contributed by atoms with Gasteiger partial charge in [-0.05, 0) is 29.8 Å². The second-order valence-electron chi connectivity index (χ2n) is 6.26. The van der Waals surface area contributed by atoms with Crippen molar-refractivity contribution >= 4 is 44.9 Å². The molecule has 0 fully saturated rings. The van der Waals surface area contributed by atoms with Crippen LogP contribution in [0.2, 0.25) is 0 Å². The molecule has 0 bridgehead atoms. The van der Waals surface area contributed by atoms with E-state index >= 15 is 0 Å². The number of aromatic nitrogens is 2. The van der Waals surface area contributed by atoms with Gasteiger partial charge in [-0.3, -0.25) is 9.59 Å². The number of amides is 1. The predicted molar refractivity (Wildman–Crippen MR) is 117 cm³/mol. The van der Waals surface area contributed by atoms with Crippen molar-refractivity contribution in [1.82, 2.24) is 9.97 Å². The zero-order chi connectivity index (χ0) is 20.2. The molecule has 0 aliphatic rings. The van der Waals surface area contributed by atoms with Gasteiger partial charge in [-0.25, -0.2) is 9.37 Å². The SMILES string of the molecule is O=C(CSCc1nc2scc(-c3ccccc3)c2c(=O)[nH]1)Nc1ccc(F)cc1. The number of carbonyl (C=O) groups excluding carboxylic acids is 1. The largest absolute Gasteiger partial charge is 0.325 e. The van der Waals surface area contributed by atoms with Gasteiger partial charge in [-0.1, -0.05) is 30.3 Å². The summed E-state index contributed by atoms with van der Waals surface area (Å²) in [6.45, 7) is 0. The highest BCUT2D eigenvalue weighted by molar-refractivity contribution is 7.99. The molecule has 4 rings (SSSR count). The first-order valence-corrected chi connectivity index (χ1v) is 10.8. The Morgan fingerprint density at radius 2 is 1.90 bits per heavy atom. The molecule has 0 unspecified atom stereocenters. The van der Waals surface area contributed by atoms with E-state index < -0.39 is 0 Å². The Labute approximate surface area is 174 Å². The Hall–Kier alpha value is -2.97. The normalized spacial score (nSPS) is 10.9. The van der Waals surface area contributed by atoms with Crippen LogP contribution >= 0.6 is 23.1 Å². The second-order valence-corrected chi connectivity index (χ2v) is 8.10. The number of aromatic amines is 1. The lowest BCUT2D eigenvalue weighted by Gasteiger charge is -2.05. The zero-order valence-corrected chi connectivity index (χ0v) is 16.8. The van der Waals surface area contributed by atoms with E-state index in [0.717, 1.165) is 11.1 Å². The van der Waals surface area contributed by atoms with Crippen LogP contribution in [-0.4, -0.2) is 21.6 Å². The minimum Gasteiger partial charge on any atom is -0.325 e. The number of hydrogen-bond donors (Lipinski definition) is 2. The van der Waals surface area contributed by atoms with Gasteiger partial charge in [0.25, 0.3) is 5.56 Å². The molecule has 0 spiro atoms. The maximum absolute atomic E-state index is 12.9. The molecule has 2 aromatic heterocycles. The average molecular weight is 426 g/mol. The molecule has 1 amide bonds. The number of benzene rings is 2. The number of anilines is 1. The highest BCUT2D eigenvalue weighted by Gasteiger charge is 2.13. The first-order chi connectivity index (χ1) is 14.1. The number of nitrogens with one attached hydrogen (secondary N) is 2. The van der Waals surface area contributed by atoms with Crippen molar-refractivity contribution in [3.8, 4) is 11.1 Å². The molecule has 2 heterocycles. The molecular formula is C21H16FN3O2S2. The van der Waals surface area contributed by atoms with Gasteiger partial charge in [0, 0.05) is 16.6 Å². The molecule has 0 aliphatic heterocycles. The third-order valence-corrected chi connectivity index (χ3v) is 5.99. The number of fused-ring (bicyclic) bond motifs is 1. The minimum absolute atomic E-state index is 0.179. The molecule has 4 aromatic rings. The maximum Gasteiger partial charge on any atom is 0.260 e. The summed E-state index contributed by atoms with van der Waals surface area (Å²) in [6.07, 6.45) is 0. The summed E-state index contributed by atoms with van der Waals surface area (Å²) < 4.78 is 12.9. The predicted octanol–water partition coefficient (Wildman–Crippen LogP) is 4.66. The van der Waals surface area contributed by atoms with Gasteiger partial charge >= 0.3 is 0 Å². The van der Waals surface area contributed by atoms with Crippen LogP contribution in [0.4, 0.5) is 10.1 Å². The van der Waals surface area contributed by atoms with Crippen LogP contribution < -0.4 is 10.9 Å². The average Bonchev–Trinajstić information content (AvgIpc) is 3.15. The molecule has 0 radical (unpaired) electrons. The number of rotatable bonds is 6. The molecule has 146 valence electrons. The lowest BCUT2D eigenvalue weighted by molar-refractivity contribution is -0.113. The number of thiophene rings is 1. The van der Waals surface area contributed by atoms with Crippen LogP contribution in [0, 0.1) is 5.82 Å². The summed E-state index contributed by atoms with van der Waals surface area (Å²) in [5, 5.41) is 5.23. The fourth-order valence-corrected chi connectivity index (χ4v) is 4.52. The fraction of sp³-hybridized carbons (Fsp3) is 0.0952. The van der Waals surface area contributed by atoms with Gasteiger partial charge in [0.1, 0.15) is 16.5 Å². The monoisotopic (exact) mass is 425 g/mol. The zero-order valence-electron chi connectivity index (χ0n) is 15.1. The van der Waals surface area contributed by atoms with E-state index in [1.54, 1.807) is 0 Å². The van der Waals surface area contributed by atoms with E-state index in [9.17, 15) is 14.0 Å². The number of carbonyl (C=O) groups is 1. The molecule has 0 saturated heterocycles. The van der Waals surface area contributed by atoms with Gasteiger partial charge in [-0.2, -0.15) is 0 Å². The summed E-state index contributed by atoms with van der Waals surface area (Å²) >= 11 is 2.77. The Kier molecular flexibility index (Phi) is 5.73. The van der Waals surface area contributed by atoms with E-state index in [0.29, 0.717) is 27.5 Å². The molecule has 0 saturated carbocycles. The molecule has 5 nitrogen and oxygen atoms in total. The van der Waals surface area contributed by atoms with Crippen molar-refractivity contribution in [2.45, 2.75) is 5.75 Å². The summed E-state index contributed by atoms with van der Waals surface area (Å²) in [4.78, 5) is 32.7. The second kappa shape index (κ2) is 8.59. The van der Waals surface area contributed by atoms with Gasteiger partial charge < -0.3 is 10.3 Å². The molecule has 8 heteroatoms. The van der Waals surface area contributed by atoms with E-state index in [1.165, 1.54) is 47.4 Å².